The molecule has 0 aliphatic carbocycles. The van der Waals surface area contributed by atoms with Crippen LogP contribution >= 0.6 is 24.2 Å². The SMILES string of the molecule is C#CCn1c(CS)nc2cc(Cl)ccc21. The van der Waals surface area contributed by atoms with Crippen molar-refractivity contribution in [1.29, 1.82) is 0 Å². The predicted molar refractivity (Wildman–Crippen MR) is 66.3 cm³/mol. The molecule has 0 aliphatic rings. The second-order valence-electron chi connectivity index (χ2n) is 3.11. The van der Waals surface area contributed by atoms with Crippen molar-refractivity contribution in [2.75, 3.05) is 0 Å². The van der Waals surface area contributed by atoms with Crippen LogP contribution in [0.5, 0.6) is 0 Å². The molecule has 0 spiro atoms. The van der Waals surface area contributed by atoms with Gasteiger partial charge >= 0.3 is 0 Å². The second kappa shape index (κ2) is 4.18. The molecule has 0 bridgehead atoms. The van der Waals surface area contributed by atoms with Gasteiger partial charge in [0, 0.05) is 10.8 Å². The van der Waals surface area contributed by atoms with E-state index in [1.54, 1.807) is 0 Å². The van der Waals surface area contributed by atoms with Gasteiger partial charge in [-0.15, -0.1) is 6.42 Å². The first kappa shape index (κ1) is 10.4. The summed E-state index contributed by atoms with van der Waals surface area (Å²) in [7, 11) is 0. The Labute approximate surface area is 98.7 Å². The van der Waals surface area contributed by atoms with Crippen molar-refractivity contribution < 1.29 is 0 Å². The van der Waals surface area contributed by atoms with Crippen LogP contribution in [0, 0.1) is 12.3 Å². The Kier molecular flexibility index (Phi) is 2.90. The molecule has 1 aromatic heterocycles. The summed E-state index contributed by atoms with van der Waals surface area (Å²) < 4.78 is 1.97. The summed E-state index contributed by atoms with van der Waals surface area (Å²) >= 11 is 10.1. The van der Waals surface area contributed by atoms with Crippen molar-refractivity contribution >= 4 is 35.3 Å². The number of imidazole rings is 1. The fraction of sp³-hybridized carbons (Fsp3) is 0.182. The van der Waals surface area contributed by atoms with Crippen LogP contribution in [0.25, 0.3) is 11.0 Å². The quantitative estimate of drug-likeness (QED) is 0.627. The fourth-order valence-corrected chi connectivity index (χ4v) is 1.95. The summed E-state index contributed by atoms with van der Waals surface area (Å²) in [5.41, 5.74) is 1.86. The fourth-order valence-electron chi connectivity index (χ4n) is 1.54. The van der Waals surface area contributed by atoms with Crippen LogP contribution in [0.3, 0.4) is 0 Å². The van der Waals surface area contributed by atoms with Crippen LogP contribution in [0.15, 0.2) is 18.2 Å². The Morgan fingerprint density at radius 2 is 2.33 bits per heavy atom. The Bertz CT molecular complexity index is 539. The number of aromatic nitrogens is 2. The van der Waals surface area contributed by atoms with Gasteiger partial charge in [-0.2, -0.15) is 12.6 Å². The third kappa shape index (κ3) is 1.83. The van der Waals surface area contributed by atoms with Gasteiger partial charge in [-0.25, -0.2) is 4.98 Å². The van der Waals surface area contributed by atoms with Crippen LogP contribution in [-0.4, -0.2) is 9.55 Å². The minimum atomic E-state index is 0.508. The average Bonchev–Trinajstić information content (AvgIpc) is 2.56. The lowest BCUT2D eigenvalue weighted by Crippen LogP contribution is -2.00. The first-order chi connectivity index (χ1) is 7.26. The van der Waals surface area contributed by atoms with E-state index in [9.17, 15) is 0 Å². The Morgan fingerprint density at radius 3 is 3.00 bits per heavy atom. The molecule has 0 radical (unpaired) electrons. The molecule has 0 saturated heterocycles. The lowest BCUT2D eigenvalue weighted by Gasteiger charge is -2.02. The molecule has 0 fully saturated rings. The third-order valence-corrected chi connectivity index (χ3v) is 2.70. The highest BCUT2D eigenvalue weighted by Gasteiger charge is 2.08. The number of rotatable bonds is 2. The zero-order valence-corrected chi connectivity index (χ0v) is 9.59. The molecule has 2 aromatic rings. The van der Waals surface area contributed by atoms with E-state index >= 15 is 0 Å². The molecule has 0 aliphatic heterocycles. The highest BCUT2D eigenvalue weighted by atomic mass is 35.5. The van der Waals surface area contributed by atoms with E-state index in [0.717, 1.165) is 16.9 Å². The maximum Gasteiger partial charge on any atom is 0.120 e. The number of nitrogens with zero attached hydrogens (tertiary/aromatic N) is 2. The number of terminal acetylenes is 1. The van der Waals surface area contributed by atoms with E-state index in [-0.39, 0.29) is 0 Å². The lowest BCUT2D eigenvalue weighted by atomic mass is 10.3. The summed E-state index contributed by atoms with van der Waals surface area (Å²) in [6.45, 7) is 0.508. The lowest BCUT2D eigenvalue weighted by molar-refractivity contribution is 0.818. The van der Waals surface area contributed by atoms with Crippen molar-refractivity contribution in [3.63, 3.8) is 0 Å². The highest BCUT2D eigenvalue weighted by Crippen LogP contribution is 2.21. The van der Waals surface area contributed by atoms with Crippen molar-refractivity contribution in [1.82, 2.24) is 9.55 Å². The number of thiol groups is 1. The van der Waals surface area contributed by atoms with Gasteiger partial charge in [0.2, 0.25) is 0 Å². The number of fused-ring (bicyclic) bond motifs is 1. The van der Waals surface area contributed by atoms with Gasteiger partial charge in [0.1, 0.15) is 5.82 Å². The summed E-state index contributed by atoms with van der Waals surface area (Å²) in [6, 6.07) is 5.59. The first-order valence-corrected chi connectivity index (χ1v) is 5.46. The molecular weight excluding hydrogens is 228 g/mol. The number of benzene rings is 1. The molecule has 0 unspecified atom stereocenters. The molecule has 1 heterocycles. The zero-order valence-electron chi connectivity index (χ0n) is 7.94. The maximum atomic E-state index is 5.89. The van der Waals surface area contributed by atoms with E-state index < -0.39 is 0 Å². The summed E-state index contributed by atoms with van der Waals surface area (Å²) in [4.78, 5) is 4.42. The molecule has 0 N–H and O–H groups in total. The molecule has 2 nitrogen and oxygen atoms in total. The molecule has 1 aromatic carbocycles. The van der Waals surface area contributed by atoms with Gasteiger partial charge < -0.3 is 4.57 Å². The second-order valence-corrected chi connectivity index (χ2v) is 3.86. The highest BCUT2D eigenvalue weighted by molar-refractivity contribution is 7.79. The van der Waals surface area contributed by atoms with Gasteiger partial charge in [0.15, 0.2) is 0 Å². The van der Waals surface area contributed by atoms with Crippen LogP contribution in [-0.2, 0) is 12.3 Å². The van der Waals surface area contributed by atoms with E-state index in [1.807, 2.05) is 22.8 Å². The average molecular weight is 237 g/mol. The predicted octanol–water partition coefficient (Wildman–Crippen LogP) is 2.75. The van der Waals surface area contributed by atoms with Gasteiger partial charge in [-0.3, -0.25) is 0 Å². The van der Waals surface area contributed by atoms with Gasteiger partial charge in [0.05, 0.1) is 17.6 Å². The standard InChI is InChI=1S/C11H9ClN2S/c1-2-5-14-10-4-3-8(12)6-9(10)13-11(14)7-15/h1,3-4,6,15H,5,7H2. The number of halogens is 1. The monoisotopic (exact) mass is 236 g/mol. The van der Waals surface area contributed by atoms with E-state index in [2.05, 4.69) is 23.5 Å². The van der Waals surface area contributed by atoms with Gasteiger partial charge in [0.25, 0.3) is 0 Å². The smallest absolute Gasteiger partial charge is 0.120 e. The molecule has 0 amide bonds. The Hall–Kier alpha value is -1.11. The van der Waals surface area contributed by atoms with Crippen LogP contribution < -0.4 is 0 Å². The van der Waals surface area contributed by atoms with Crippen LogP contribution in [0.2, 0.25) is 5.02 Å². The Morgan fingerprint density at radius 1 is 1.53 bits per heavy atom. The minimum Gasteiger partial charge on any atom is -0.315 e. The van der Waals surface area contributed by atoms with Gasteiger partial charge in [-0.1, -0.05) is 17.5 Å². The molecule has 2 rings (SSSR count). The van der Waals surface area contributed by atoms with Crippen molar-refractivity contribution in [3.05, 3.63) is 29.0 Å². The van der Waals surface area contributed by atoms with Crippen molar-refractivity contribution in [3.8, 4) is 12.3 Å². The maximum absolute atomic E-state index is 5.89. The number of hydrogen-bond donors (Lipinski definition) is 1. The third-order valence-electron chi connectivity index (χ3n) is 2.18. The number of hydrogen-bond acceptors (Lipinski definition) is 2. The van der Waals surface area contributed by atoms with Crippen LogP contribution in [0.1, 0.15) is 5.82 Å². The molecule has 0 atom stereocenters. The Balaban J connectivity index is 2.70. The summed E-state index contributed by atoms with van der Waals surface area (Å²) in [5.74, 6) is 4.04. The summed E-state index contributed by atoms with van der Waals surface area (Å²) in [5, 5.41) is 0.679. The molecule has 4 heteroatoms. The largest absolute Gasteiger partial charge is 0.315 e. The van der Waals surface area contributed by atoms with Crippen molar-refractivity contribution in [2.45, 2.75) is 12.3 Å². The first-order valence-electron chi connectivity index (χ1n) is 4.45. The van der Waals surface area contributed by atoms with Crippen molar-refractivity contribution in [2.24, 2.45) is 0 Å². The molecule has 0 saturated carbocycles. The molecular formula is C11H9ClN2S. The molecule has 15 heavy (non-hydrogen) atoms. The minimum absolute atomic E-state index is 0.508. The topological polar surface area (TPSA) is 17.8 Å². The van der Waals surface area contributed by atoms with E-state index in [4.69, 9.17) is 18.0 Å². The van der Waals surface area contributed by atoms with Crippen LogP contribution in [0.4, 0.5) is 0 Å². The zero-order chi connectivity index (χ0) is 10.8. The molecule has 76 valence electrons. The summed E-state index contributed by atoms with van der Waals surface area (Å²) in [6.07, 6.45) is 5.31. The van der Waals surface area contributed by atoms with E-state index in [1.165, 1.54) is 0 Å². The van der Waals surface area contributed by atoms with E-state index in [0.29, 0.717) is 17.3 Å². The van der Waals surface area contributed by atoms with Gasteiger partial charge in [-0.05, 0) is 18.2 Å². The normalized spacial score (nSPS) is 10.5.